The molecule has 4 rings (SSSR count). The number of ether oxygens (including phenoxy) is 1. The summed E-state index contributed by atoms with van der Waals surface area (Å²) in [7, 11) is -1.00. The van der Waals surface area contributed by atoms with Gasteiger partial charge in [-0.3, -0.25) is 9.56 Å². The van der Waals surface area contributed by atoms with E-state index in [0.717, 1.165) is 16.8 Å². The fraction of sp³-hybridized carbons (Fsp3) is 0.240. The Morgan fingerprint density at radius 2 is 1.97 bits per heavy atom. The number of hydrogen-bond acceptors (Lipinski definition) is 4. The van der Waals surface area contributed by atoms with Crippen molar-refractivity contribution in [2.75, 3.05) is 25.4 Å². The van der Waals surface area contributed by atoms with Crippen LogP contribution in [0.4, 0.5) is 4.39 Å². The van der Waals surface area contributed by atoms with E-state index in [2.05, 4.69) is 34.9 Å². The van der Waals surface area contributed by atoms with Gasteiger partial charge >= 0.3 is 5.97 Å². The molecule has 32 heavy (non-hydrogen) atoms. The van der Waals surface area contributed by atoms with E-state index in [9.17, 15) is 9.18 Å². The molecule has 0 fully saturated rings. The molecule has 0 bridgehead atoms. The maximum absolute atomic E-state index is 14.8. The standard InChI is InChI=1S/C25H24FN3O2S/c1-5-31-25(30)24-22-15-27-23(18-8-6-7-9-20(18)26)19-14-17(12-13-32(2,3)4)10-11-21(19)29(22)16-28-24/h6-11,14,16H,5,15H2,1-4H3. The molecule has 0 radical (unpaired) electrons. The number of halogens is 1. The summed E-state index contributed by atoms with van der Waals surface area (Å²) < 4.78 is 21.7. The van der Waals surface area contributed by atoms with Gasteiger partial charge < -0.3 is 4.74 Å². The van der Waals surface area contributed by atoms with Crippen molar-refractivity contribution in [2.24, 2.45) is 4.99 Å². The van der Waals surface area contributed by atoms with Crippen molar-refractivity contribution < 1.29 is 13.9 Å². The molecule has 1 aromatic heterocycles. The third kappa shape index (κ3) is 4.32. The number of rotatable bonds is 3. The molecule has 7 heteroatoms. The maximum Gasteiger partial charge on any atom is 0.358 e. The van der Waals surface area contributed by atoms with Crippen molar-refractivity contribution in [3.63, 3.8) is 0 Å². The van der Waals surface area contributed by atoms with E-state index in [-0.39, 0.29) is 24.7 Å². The van der Waals surface area contributed by atoms with Crippen molar-refractivity contribution in [3.05, 3.63) is 82.7 Å². The lowest BCUT2D eigenvalue weighted by atomic mass is 9.98. The summed E-state index contributed by atoms with van der Waals surface area (Å²) >= 11 is 0. The second-order valence-electron chi connectivity index (χ2n) is 8.07. The van der Waals surface area contributed by atoms with Gasteiger partial charge in [-0.2, -0.15) is 10.0 Å². The first-order chi connectivity index (χ1) is 15.3. The molecule has 3 aromatic rings. The van der Waals surface area contributed by atoms with E-state index >= 15 is 0 Å². The van der Waals surface area contributed by atoms with Crippen LogP contribution in [0.3, 0.4) is 0 Å². The van der Waals surface area contributed by atoms with E-state index < -0.39 is 16.0 Å². The van der Waals surface area contributed by atoms with Crippen LogP contribution in [0.1, 0.15) is 39.8 Å². The van der Waals surface area contributed by atoms with Gasteiger partial charge in [0.25, 0.3) is 0 Å². The van der Waals surface area contributed by atoms with Crippen LogP contribution in [-0.4, -0.2) is 46.6 Å². The Balaban J connectivity index is 1.93. The molecule has 0 saturated heterocycles. The normalized spacial score (nSPS) is 13.1. The smallest absolute Gasteiger partial charge is 0.358 e. The topological polar surface area (TPSA) is 56.5 Å². The molecule has 1 aliphatic heterocycles. The Hall–Kier alpha value is -3.37. The minimum absolute atomic E-state index is 0.166. The van der Waals surface area contributed by atoms with Crippen molar-refractivity contribution in [2.45, 2.75) is 13.5 Å². The van der Waals surface area contributed by atoms with E-state index in [4.69, 9.17) is 9.73 Å². The number of aliphatic imine (C=N–C) groups is 1. The van der Waals surface area contributed by atoms with Crippen LogP contribution in [0.15, 0.2) is 53.8 Å². The van der Waals surface area contributed by atoms with Crippen molar-refractivity contribution >= 4 is 21.7 Å². The zero-order valence-corrected chi connectivity index (χ0v) is 19.3. The highest BCUT2D eigenvalue weighted by Crippen LogP contribution is 2.33. The highest BCUT2D eigenvalue weighted by molar-refractivity contribution is 8.35. The van der Waals surface area contributed by atoms with Gasteiger partial charge in [0, 0.05) is 16.7 Å². The lowest BCUT2D eigenvalue weighted by molar-refractivity contribution is 0.0518. The summed E-state index contributed by atoms with van der Waals surface area (Å²) in [5.41, 5.74) is 4.06. The first-order valence-corrected chi connectivity index (χ1v) is 13.0. The summed E-state index contributed by atoms with van der Waals surface area (Å²) in [6.07, 6.45) is 7.98. The van der Waals surface area contributed by atoms with E-state index in [1.165, 1.54) is 6.07 Å². The molecule has 0 N–H and O–H groups in total. The molecule has 164 valence electrons. The average molecular weight is 450 g/mol. The number of carbonyl (C=O) groups excluding carboxylic acids is 1. The average Bonchev–Trinajstić information content (AvgIpc) is 3.10. The number of nitrogens with zero attached hydrogens (tertiary/aromatic N) is 3. The fourth-order valence-electron chi connectivity index (χ4n) is 3.45. The Labute approximate surface area is 188 Å². The second kappa shape index (κ2) is 8.64. The molecule has 0 spiro atoms. The molecule has 1 aliphatic rings. The first kappa shape index (κ1) is 21.8. The first-order valence-electron chi connectivity index (χ1n) is 10.2. The van der Waals surface area contributed by atoms with E-state index in [1.807, 2.05) is 22.8 Å². The Morgan fingerprint density at radius 3 is 2.69 bits per heavy atom. The SMILES string of the molecule is CCOC(=O)c1ncn2c1CN=C(c1ccccc1F)c1cc(C#CS(C)(C)C)ccc1-2. The highest BCUT2D eigenvalue weighted by Gasteiger charge is 2.26. The molecule has 0 unspecified atom stereocenters. The van der Waals surface area contributed by atoms with Crippen LogP contribution in [-0.2, 0) is 11.3 Å². The van der Waals surface area contributed by atoms with Gasteiger partial charge in [-0.05, 0) is 61.3 Å². The molecule has 5 nitrogen and oxygen atoms in total. The molecule has 0 aliphatic carbocycles. The minimum atomic E-state index is -1.00. The summed E-state index contributed by atoms with van der Waals surface area (Å²) in [5.74, 6) is 2.39. The quantitative estimate of drug-likeness (QED) is 0.436. The van der Waals surface area contributed by atoms with E-state index in [1.54, 1.807) is 31.5 Å². The highest BCUT2D eigenvalue weighted by atomic mass is 32.3. The van der Waals surface area contributed by atoms with Gasteiger partial charge in [-0.15, -0.1) is 0 Å². The zero-order chi connectivity index (χ0) is 22.9. The van der Waals surface area contributed by atoms with Crippen LogP contribution >= 0.6 is 10.0 Å². The van der Waals surface area contributed by atoms with Gasteiger partial charge in [0.2, 0.25) is 0 Å². The predicted molar refractivity (Wildman–Crippen MR) is 128 cm³/mol. The Kier molecular flexibility index (Phi) is 5.90. The lowest BCUT2D eigenvalue weighted by Crippen LogP contribution is -2.10. The number of hydrogen-bond donors (Lipinski definition) is 0. The van der Waals surface area contributed by atoms with Gasteiger partial charge in [-0.25, -0.2) is 14.2 Å². The third-order valence-corrected chi connectivity index (χ3v) is 5.58. The van der Waals surface area contributed by atoms with Crippen molar-refractivity contribution in [1.29, 1.82) is 0 Å². The van der Waals surface area contributed by atoms with Crippen molar-refractivity contribution in [3.8, 4) is 16.9 Å². The van der Waals surface area contributed by atoms with E-state index in [0.29, 0.717) is 17.0 Å². The molecule has 0 amide bonds. The number of fused-ring (bicyclic) bond motifs is 3. The molecule has 2 aromatic carbocycles. The summed E-state index contributed by atoms with van der Waals surface area (Å²) in [5, 5.41) is 3.32. The summed E-state index contributed by atoms with van der Waals surface area (Å²) in [6, 6.07) is 12.3. The minimum Gasteiger partial charge on any atom is -0.461 e. The number of esters is 1. The third-order valence-electron chi connectivity index (χ3n) is 4.86. The maximum atomic E-state index is 14.8. The van der Waals surface area contributed by atoms with Crippen LogP contribution in [0.2, 0.25) is 0 Å². The van der Waals surface area contributed by atoms with Gasteiger partial charge in [0.1, 0.15) is 12.1 Å². The van der Waals surface area contributed by atoms with Gasteiger partial charge in [0.05, 0.1) is 30.2 Å². The second-order valence-corrected chi connectivity index (χ2v) is 11.9. The van der Waals surface area contributed by atoms with Crippen LogP contribution in [0.5, 0.6) is 0 Å². The molecular weight excluding hydrogens is 425 g/mol. The molecule has 2 heterocycles. The molecule has 0 saturated carbocycles. The Bertz CT molecular complexity index is 1290. The Morgan fingerprint density at radius 1 is 1.19 bits per heavy atom. The van der Waals surface area contributed by atoms with Crippen LogP contribution in [0, 0.1) is 17.0 Å². The zero-order valence-electron chi connectivity index (χ0n) is 18.5. The number of benzene rings is 2. The van der Waals surface area contributed by atoms with Crippen molar-refractivity contribution in [1.82, 2.24) is 9.55 Å². The monoisotopic (exact) mass is 449 g/mol. The summed E-state index contributed by atoms with van der Waals surface area (Å²) in [6.45, 7) is 2.17. The summed E-state index contributed by atoms with van der Waals surface area (Å²) in [4.78, 5) is 21.4. The lowest BCUT2D eigenvalue weighted by Gasteiger charge is -2.15. The van der Waals surface area contributed by atoms with Crippen LogP contribution in [0.25, 0.3) is 5.69 Å². The van der Waals surface area contributed by atoms with Gasteiger partial charge in [0.15, 0.2) is 5.69 Å². The van der Waals surface area contributed by atoms with Gasteiger partial charge in [-0.1, -0.05) is 18.1 Å². The largest absolute Gasteiger partial charge is 0.461 e. The number of carbonyl (C=O) groups is 1. The molecular formula is C25H24FN3O2S. The number of imidazole rings is 1. The predicted octanol–water partition coefficient (Wildman–Crippen LogP) is 4.54. The molecule has 0 atom stereocenters. The van der Waals surface area contributed by atoms with Crippen LogP contribution < -0.4 is 0 Å². The number of aromatic nitrogens is 2. The fourth-order valence-corrected chi connectivity index (χ4v) is 3.87.